The highest BCUT2D eigenvalue weighted by molar-refractivity contribution is 5.94. The smallest absolute Gasteiger partial charge is 0.363 e. The topological polar surface area (TPSA) is 102 Å². The van der Waals surface area contributed by atoms with E-state index < -0.39 is 4.92 Å². The van der Waals surface area contributed by atoms with Gasteiger partial charge in [-0.15, -0.1) is 0 Å². The van der Waals surface area contributed by atoms with E-state index in [0.29, 0.717) is 24.5 Å². The predicted octanol–water partition coefficient (Wildman–Crippen LogP) is 1.17. The molecule has 21 heavy (non-hydrogen) atoms. The lowest BCUT2D eigenvalue weighted by atomic mass is 10.2. The highest BCUT2D eigenvalue weighted by Gasteiger charge is 2.19. The number of anilines is 1. The van der Waals surface area contributed by atoms with Gasteiger partial charge < -0.3 is 20.7 Å². The van der Waals surface area contributed by atoms with Crippen LogP contribution in [0.25, 0.3) is 0 Å². The number of carbonyl (C=O) groups is 1. The lowest BCUT2D eigenvalue weighted by Crippen LogP contribution is -2.29. The molecule has 110 valence electrons. The van der Waals surface area contributed by atoms with Crippen molar-refractivity contribution in [2.45, 2.75) is 0 Å². The molecule has 0 aliphatic carbocycles. The SMILES string of the molecule is Cn1cnc([N+](=O)[O-])c1NCCNC(=O)c1ccccc1. The first-order chi connectivity index (χ1) is 10.1. The van der Waals surface area contributed by atoms with E-state index in [-0.39, 0.29) is 11.7 Å². The van der Waals surface area contributed by atoms with Gasteiger partial charge in [-0.05, 0) is 22.0 Å². The van der Waals surface area contributed by atoms with Crippen LogP contribution in [0.2, 0.25) is 0 Å². The van der Waals surface area contributed by atoms with Crippen LogP contribution in [0.3, 0.4) is 0 Å². The molecule has 1 heterocycles. The van der Waals surface area contributed by atoms with Crippen LogP contribution >= 0.6 is 0 Å². The minimum absolute atomic E-state index is 0.183. The van der Waals surface area contributed by atoms with Gasteiger partial charge in [-0.2, -0.15) is 0 Å². The Kier molecular flexibility index (Phi) is 4.50. The van der Waals surface area contributed by atoms with E-state index in [1.165, 1.54) is 10.9 Å². The van der Waals surface area contributed by atoms with Gasteiger partial charge in [-0.1, -0.05) is 18.2 Å². The van der Waals surface area contributed by atoms with Crippen LogP contribution in [0.1, 0.15) is 10.4 Å². The molecule has 2 aromatic rings. The Labute approximate surface area is 121 Å². The van der Waals surface area contributed by atoms with E-state index in [9.17, 15) is 14.9 Å². The highest BCUT2D eigenvalue weighted by Crippen LogP contribution is 2.20. The van der Waals surface area contributed by atoms with Crippen molar-refractivity contribution in [2.75, 3.05) is 18.4 Å². The molecule has 1 amide bonds. The monoisotopic (exact) mass is 289 g/mol. The molecule has 8 heteroatoms. The number of aryl methyl sites for hydroxylation is 1. The molecule has 0 saturated carbocycles. The van der Waals surface area contributed by atoms with Gasteiger partial charge in [-0.25, -0.2) is 0 Å². The minimum Gasteiger partial charge on any atom is -0.363 e. The number of nitro groups is 1. The molecule has 0 bridgehead atoms. The summed E-state index contributed by atoms with van der Waals surface area (Å²) in [6, 6.07) is 8.83. The summed E-state index contributed by atoms with van der Waals surface area (Å²) in [4.78, 5) is 25.7. The summed E-state index contributed by atoms with van der Waals surface area (Å²) in [6.07, 6.45) is 1.36. The lowest BCUT2D eigenvalue weighted by molar-refractivity contribution is -0.388. The van der Waals surface area contributed by atoms with Gasteiger partial charge in [0.2, 0.25) is 12.1 Å². The van der Waals surface area contributed by atoms with Crippen LogP contribution in [-0.4, -0.2) is 33.5 Å². The van der Waals surface area contributed by atoms with Gasteiger partial charge in [0.1, 0.15) is 0 Å². The fourth-order valence-corrected chi connectivity index (χ4v) is 1.80. The summed E-state index contributed by atoms with van der Waals surface area (Å²) in [6.45, 7) is 0.703. The van der Waals surface area contributed by atoms with Crippen molar-refractivity contribution in [1.82, 2.24) is 14.9 Å². The Morgan fingerprint density at radius 3 is 2.71 bits per heavy atom. The van der Waals surface area contributed by atoms with Crippen LogP contribution < -0.4 is 10.6 Å². The third-order valence-corrected chi connectivity index (χ3v) is 2.83. The number of hydrogen-bond donors (Lipinski definition) is 2. The molecule has 0 saturated heterocycles. The van der Waals surface area contributed by atoms with Gasteiger partial charge in [0.15, 0.2) is 0 Å². The minimum atomic E-state index is -0.551. The summed E-state index contributed by atoms with van der Waals surface area (Å²) in [5.74, 6) is -0.0993. The number of rotatable bonds is 6. The van der Waals surface area contributed by atoms with E-state index in [1.807, 2.05) is 6.07 Å². The summed E-state index contributed by atoms with van der Waals surface area (Å²) in [7, 11) is 1.66. The van der Waals surface area contributed by atoms with Crippen LogP contribution in [-0.2, 0) is 7.05 Å². The van der Waals surface area contributed by atoms with Crippen molar-refractivity contribution in [3.05, 3.63) is 52.3 Å². The molecule has 1 aromatic carbocycles. The van der Waals surface area contributed by atoms with Crippen molar-refractivity contribution in [3.8, 4) is 0 Å². The molecule has 0 spiro atoms. The standard InChI is InChI=1S/C13H15N5O3/c1-17-9-16-12(18(20)21)11(17)14-7-8-15-13(19)10-5-3-2-4-6-10/h2-6,9,14H,7-8H2,1H3,(H,15,19). The van der Waals surface area contributed by atoms with Crippen molar-refractivity contribution in [3.63, 3.8) is 0 Å². The second-order valence-corrected chi connectivity index (χ2v) is 4.33. The fourth-order valence-electron chi connectivity index (χ4n) is 1.80. The number of aromatic nitrogens is 2. The number of carbonyl (C=O) groups excluding carboxylic acids is 1. The molecule has 0 radical (unpaired) electrons. The molecule has 0 aliphatic heterocycles. The second kappa shape index (κ2) is 6.51. The molecule has 0 fully saturated rings. The maximum atomic E-state index is 11.8. The molecular formula is C13H15N5O3. The van der Waals surface area contributed by atoms with E-state index in [4.69, 9.17) is 0 Å². The van der Waals surface area contributed by atoms with Crippen LogP contribution in [0.5, 0.6) is 0 Å². The Morgan fingerprint density at radius 1 is 1.33 bits per heavy atom. The number of hydrogen-bond acceptors (Lipinski definition) is 5. The molecule has 8 nitrogen and oxygen atoms in total. The molecule has 1 aromatic heterocycles. The summed E-state index contributed by atoms with van der Waals surface area (Å²) in [5, 5.41) is 16.4. The predicted molar refractivity (Wildman–Crippen MR) is 77.1 cm³/mol. The highest BCUT2D eigenvalue weighted by atomic mass is 16.6. The first kappa shape index (κ1) is 14.5. The van der Waals surface area contributed by atoms with Crippen molar-refractivity contribution in [1.29, 1.82) is 0 Å². The number of imidazole rings is 1. The average molecular weight is 289 g/mol. The zero-order chi connectivity index (χ0) is 15.2. The first-order valence-electron chi connectivity index (χ1n) is 6.32. The largest absolute Gasteiger partial charge is 0.406 e. The quantitative estimate of drug-likeness (QED) is 0.472. The zero-order valence-corrected chi connectivity index (χ0v) is 11.4. The Balaban J connectivity index is 1.84. The Hall–Kier alpha value is -2.90. The third kappa shape index (κ3) is 3.56. The van der Waals surface area contributed by atoms with E-state index >= 15 is 0 Å². The number of benzene rings is 1. The number of nitrogens with zero attached hydrogens (tertiary/aromatic N) is 3. The molecular weight excluding hydrogens is 274 g/mol. The molecule has 2 rings (SSSR count). The van der Waals surface area contributed by atoms with Crippen LogP contribution in [0, 0.1) is 10.1 Å². The maximum absolute atomic E-state index is 11.8. The maximum Gasteiger partial charge on any atom is 0.406 e. The van der Waals surface area contributed by atoms with E-state index in [2.05, 4.69) is 15.6 Å². The van der Waals surface area contributed by atoms with Gasteiger partial charge in [0.05, 0.1) is 0 Å². The first-order valence-corrected chi connectivity index (χ1v) is 6.32. The summed E-state index contributed by atoms with van der Waals surface area (Å²) < 4.78 is 1.52. The summed E-state index contributed by atoms with van der Waals surface area (Å²) >= 11 is 0. The van der Waals surface area contributed by atoms with Gasteiger partial charge >= 0.3 is 5.82 Å². The van der Waals surface area contributed by atoms with Crippen molar-refractivity contribution < 1.29 is 9.72 Å². The van der Waals surface area contributed by atoms with Crippen LogP contribution in [0.15, 0.2) is 36.7 Å². The van der Waals surface area contributed by atoms with Gasteiger partial charge in [0.25, 0.3) is 5.91 Å². The normalized spacial score (nSPS) is 10.1. The Bertz CT molecular complexity index is 639. The van der Waals surface area contributed by atoms with E-state index in [1.54, 1.807) is 31.3 Å². The molecule has 2 N–H and O–H groups in total. The zero-order valence-electron chi connectivity index (χ0n) is 11.4. The fraction of sp³-hybridized carbons (Fsp3) is 0.231. The van der Waals surface area contributed by atoms with Crippen molar-refractivity contribution >= 4 is 17.5 Å². The van der Waals surface area contributed by atoms with Crippen LogP contribution in [0.4, 0.5) is 11.6 Å². The Morgan fingerprint density at radius 2 is 2.05 bits per heavy atom. The number of amides is 1. The van der Waals surface area contributed by atoms with Gasteiger partial charge in [0, 0.05) is 25.7 Å². The summed E-state index contributed by atoms with van der Waals surface area (Å²) in [5.41, 5.74) is 0.573. The number of nitrogens with one attached hydrogen (secondary N) is 2. The van der Waals surface area contributed by atoms with Gasteiger partial charge in [-0.3, -0.25) is 9.36 Å². The van der Waals surface area contributed by atoms with E-state index in [0.717, 1.165) is 0 Å². The third-order valence-electron chi connectivity index (χ3n) is 2.83. The average Bonchev–Trinajstić information content (AvgIpc) is 2.85. The lowest BCUT2D eigenvalue weighted by Gasteiger charge is -2.08. The molecule has 0 aliphatic rings. The molecule has 0 unspecified atom stereocenters. The molecule has 0 atom stereocenters. The second-order valence-electron chi connectivity index (χ2n) is 4.33. The van der Waals surface area contributed by atoms with Crippen molar-refractivity contribution in [2.24, 2.45) is 7.05 Å².